The minimum Gasteiger partial charge on any atom is -0.480 e. The highest BCUT2D eigenvalue weighted by Crippen LogP contribution is 2.30. The van der Waals surface area contributed by atoms with E-state index in [0.29, 0.717) is 18.7 Å². The molecule has 0 amide bonds. The molecule has 19 heavy (non-hydrogen) atoms. The number of nitrogens with zero attached hydrogens (tertiary/aromatic N) is 2. The van der Waals surface area contributed by atoms with E-state index in [0.717, 1.165) is 18.4 Å². The molecule has 1 fully saturated rings. The smallest absolute Gasteiger partial charge is 0.326 e. The fourth-order valence-corrected chi connectivity index (χ4v) is 2.50. The number of rotatable bonds is 3. The second-order valence-corrected chi connectivity index (χ2v) is 4.77. The molecule has 0 saturated carbocycles. The Kier molecular flexibility index (Phi) is 3.69. The molecular formula is C13H16N2O4. The van der Waals surface area contributed by atoms with Crippen LogP contribution in [0.2, 0.25) is 0 Å². The Balaban J connectivity index is 2.40. The lowest BCUT2D eigenvalue weighted by molar-refractivity contribution is -0.384. The molecule has 1 N–H and O–H groups in total. The number of nitro benzene ring substituents is 1. The van der Waals surface area contributed by atoms with Gasteiger partial charge in [0.05, 0.1) is 4.92 Å². The summed E-state index contributed by atoms with van der Waals surface area (Å²) in [5.41, 5.74) is 1.51. The van der Waals surface area contributed by atoms with Crippen molar-refractivity contribution in [3.63, 3.8) is 0 Å². The van der Waals surface area contributed by atoms with E-state index in [9.17, 15) is 20.0 Å². The van der Waals surface area contributed by atoms with Crippen LogP contribution in [-0.2, 0) is 4.79 Å². The van der Waals surface area contributed by atoms with Crippen molar-refractivity contribution in [1.29, 1.82) is 0 Å². The first-order valence-corrected chi connectivity index (χ1v) is 6.25. The Morgan fingerprint density at radius 1 is 1.47 bits per heavy atom. The summed E-state index contributed by atoms with van der Waals surface area (Å²) in [4.78, 5) is 23.4. The van der Waals surface area contributed by atoms with Crippen molar-refractivity contribution < 1.29 is 14.8 Å². The van der Waals surface area contributed by atoms with Gasteiger partial charge in [-0.1, -0.05) is 6.07 Å². The molecule has 1 heterocycles. The molecule has 1 aromatic rings. The minimum atomic E-state index is -0.870. The lowest BCUT2D eigenvalue weighted by Crippen LogP contribution is -2.45. The Morgan fingerprint density at radius 3 is 2.84 bits per heavy atom. The van der Waals surface area contributed by atoms with Crippen LogP contribution in [0.25, 0.3) is 0 Å². The van der Waals surface area contributed by atoms with Gasteiger partial charge in [-0.15, -0.1) is 0 Å². The summed E-state index contributed by atoms with van der Waals surface area (Å²) in [6.07, 6.45) is 2.37. The number of piperidine rings is 1. The van der Waals surface area contributed by atoms with Gasteiger partial charge in [0.15, 0.2) is 0 Å². The van der Waals surface area contributed by atoms with Crippen molar-refractivity contribution in [2.45, 2.75) is 32.2 Å². The van der Waals surface area contributed by atoms with Gasteiger partial charge in [0.25, 0.3) is 5.69 Å². The van der Waals surface area contributed by atoms with Crippen LogP contribution in [0.4, 0.5) is 11.4 Å². The summed E-state index contributed by atoms with van der Waals surface area (Å²) in [6, 6.07) is 3.99. The van der Waals surface area contributed by atoms with Gasteiger partial charge in [-0.25, -0.2) is 4.79 Å². The Bertz CT molecular complexity index is 515. The van der Waals surface area contributed by atoms with Crippen LogP contribution in [0.5, 0.6) is 0 Å². The number of carboxylic acids is 1. The SMILES string of the molecule is Cc1ccc([N+](=O)[O-])cc1N1CCCCC1C(=O)O. The number of aliphatic carboxylic acids is 1. The fraction of sp³-hybridized carbons (Fsp3) is 0.462. The normalized spacial score (nSPS) is 19.2. The molecule has 6 nitrogen and oxygen atoms in total. The predicted molar refractivity (Wildman–Crippen MR) is 70.5 cm³/mol. The average Bonchev–Trinajstić information content (AvgIpc) is 2.39. The summed E-state index contributed by atoms with van der Waals surface area (Å²) in [5.74, 6) is -0.870. The molecule has 1 aliphatic heterocycles. The number of benzene rings is 1. The minimum absolute atomic E-state index is 0.00434. The topological polar surface area (TPSA) is 83.7 Å². The second kappa shape index (κ2) is 5.26. The van der Waals surface area contributed by atoms with Gasteiger partial charge in [0, 0.05) is 24.4 Å². The summed E-state index contributed by atoms with van der Waals surface area (Å²) in [6.45, 7) is 2.46. The number of aryl methyl sites for hydroxylation is 1. The zero-order chi connectivity index (χ0) is 14.0. The van der Waals surface area contributed by atoms with Crippen LogP contribution < -0.4 is 4.90 Å². The highest BCUT2D eigenvalue weighted by atomic mass is 16.6. The van der Waals surface area contributed by atoms with Crippen molar-refractivity contribution in [1.82, 2.24) is 0 Å². The van der Waals surface area contributed by atoms with E-state index >= 15 is 0 Å². The molecular weight excluding hydrogens is 248 g/mol. The van der Waals surface area contributed by atoms with Crippen LogP contribution >= 0.6 is 0 Å². The van der Waals surface area contributed by atoms with Gasteiger partial charge in [-0.3, -0.25) is 10.1 Å². The Morgan fingerprint density at radius 2 is 2.21 bits per heavy atom. The van der Waals surface area contributed by atoms with Crippen LogP contribution in [0.15, 0.2) is 18.2 Å². The van der Waals surface area contributed by atoms with E-state index < -0.39 is 16.9 Å². The van der Waals surface area contributed by atoms with Gasteiger partial charge in [0.1, 0.15) is 6.04 Å². The summed E-state index contributed by atoms with van der Waals surface area (Å²) >= 11 is 0. The number of carbonyl (C=O) groups is 1. The number of nitro groups is 1. The van der Waals surface area contributed by atoms with E-state index in [-0.39, 0.29) is 5.69 Å². The Labute approximate surface area is 110 Å². The largest absolute Gasteiger partial charge is 0.480 e. The van der Waals surface area contributed by atoms with Gasteiger partial charge in [-0.2, -0.15) is 0 Å². The number of non-ortho nitro benzene ring substituents is 1. The zero-order valence-corrected chi connectivity index (χ0v) is 10.7. The lowest BCUT2D eigenvalue weighted by atomic mass is 10.00. The molecule has 0 radical (unpaired) electrons. The molecule has 1 atom stereocenters. The van der Waals surface area contributed by atoms with E-state index in [1.54, 1.807) is 11.0 Å². The maximum absolute atomic E-state index is 11.3. The second-order valence-electron chi connectivity index (χ2n) is 4.77. The standard InChI is InChI=1S/C13H16N2O4/c1-9-5-6-10(15(18)19)8-12(9)14-7-3-2-4-11(14)13(16)17/h5-6,8,11H,2-4,7H2,1H3,(H,16,17). The lowest BCUT2D eigenvalue weighted by Gasteiger charge is -2.35. The van der Waals surface area contributed by atoms with E-state index in [1.807, 2.05) is 6.92 Å². The highest BCUT2D eigenvalue weighted by Gasteiger charge is 2.30. The number of hydrogen-bond acceptors (Lipinski definition) is 4. The molecule has 1 unspecified atom stereocenters. The van der Waals surface area contributed by atoms with E-state index in [4.69, 9.17) is 0 Å². The summed E-state index contributed by atoms with van der Waals surface area (Å²) < 4.78 is 0. The maximum atomic E-state index is 11.3. The molecule has 0 aliphatic carbocycles. The zero-order valence-electron chi connectivity index (χ0n) is 10.7. The highest BCUT2D eigenvalue weighted by molar-refractivity contribution is 5.79. The van der Waals surface area contributed by atoms with Crippen molar-refractivity contribution in [2.75, 3.05) is 11.4 Å². The molecule has 0 bridgehead atoms. The summed E-state index contributed by atoms with van der Waals surface area (Å²) in [7, 11) is 0. The van der Waals surface area contributed by atoms with Gasteiger partial charge in [-0.05, 0) is 31.7 Å². The molecule has 6 heteroatoms. The molecule has 1 saturated heterocycles. The predicted octanol–water partition coefficient (Wildman–Crippen LogP) is 2.35. The Hall–Kier alpha value is -2.11. The van der Waals surface area contributed by atoms with Gasteiger partial charge >= 0.3 is 5.97 Å². The molecule has 2 rings (SSSR count). The fourth-order valence-electron chi connectivity index (χ4n) is 2.50. The van der Waals surface area contributed by atoms with Crippen molar-refractivity contribution in [3.8, 4) is 0 Å². The van der Waals surface area contributed by atoms with E-state index in [1.165, 1.54) is 12.1 Å². The monoisotopic (exact) mass is 264 g/mol. The van der Waals surface area contributed by atoms with E-state index in [2.05, 4.69) is 0 Å². The average molecular weight is 264 g/mol. The molecule has 1 aliphatic rings. The maximum Gasteiger partial charge on any atom is 0.326 e. The number of hydrogen-bond donors (Lipinski definition) is 1. The first-order valence-electron chi connectivity index (χ1n) is 6.25. The molecule has 102 valence electrons. The third kappa shape index (κ3) is 2.67. The van der Waals surface area contributed by atoms with Crippen molar-refractivity contribution in [3.05, 3.63) is 33.9 Å². The quantitative estimate of drug-likeness (QED) is 0.669. The molecule has 1 aromatic carbocycles. The molecule has 0 aromatic heterocycles. The van der Waals surface area contributed by atoms with Gasteiger partial charge < -0.3 is 10.0 Å². The molecule has 0 spiro atoms. The third-order valence-corrected chi connectivity index (χ3v) is 3.50. The first kappa shape index (κ1) is 13.3. The summed E-state index contributed by atoms with van der Waals surface area (Å²) in [5, 5.41) is 20.1. The third-order valence-electron chi connectivity index (χ3n) is 3.50. The number of anilines is 1. The number of carboxylic acid groups (broad SMARTS) is 1. The van der Waals surface area contributed by atoms with Crippen LogP contribution in [0.3, 0.4) is 0 Å². The van der Waals surface area contributed by atoms with Crippen LogP contribution in [0, 0.1) is 17.0 Å². The van der Waals surface area contributed by atoms with Crippen LogP contribution in [-0.4, -0.2) is 28.6 Å². The first-order chi connectivity index (χ1) is 9.00. The van der Waals surface area contributed by atoms with Crippen molar-refractivity contribution >= 4 is 17.3 Å². The van der Waals surface area contributed by atoms with Crippen LogP contribution in [0.1, 0.15) is 24.8 Å². The van der Waals surface area contributed by atoms with Gasteiger partial charge in [0.2, 0.25) is 0 Å². The van der Waals surface area contributed by atoms with Crippen molar-refractivity contribution in [2.24, 2.45) is 0 Å².